The van der Waals surface area contributed by atoms with E-state index in [9.17, 15) is 4.79 Å². The predicted octanol–water partition coefficient (Wildman–Crippen LogP) is 3.38. The minimum absolute atomic E-state index is 0.140. The van der Waals surface area contributed by atoms with Gasteiger partial charge in [0.15, 0.2) is 0 Å². The fraction of sp³-hybridized carbons (Fsp3) is 0.400. The third-order valence-electron chi connectivity index (χ3n) is 3.74. The SMILES string of the molecule is CCOC(=O)N1c2ccc(C)cc2C2CC=CC21. The summed E-state index contributed by atoms with van der Waals surface area (Å²) in [6.45, 7) is 4.34. The highest BCUT2D eigenvalue weighted by atomic mass is 16.6. The lowest BCUT2D eigenvalue weighted by Gasteiger charge is -2.22. The Labute approximate surface area is 107 Å². The van der Waals surface area contributed by atoms with Crippen LogP contribution in [0.1, 0.15) is 30.4 Å². The highest BCUT2D eigenvalue weighted by Crippen LogP contribution is 2.46. The molecule has 18 heavy (non-hydrogen) atoms. The number of aryl methyl sites for hydroxylation is 1. The van der Waals surface area contributed by atoms with Crippen LogP contribution in [0, 0.1) is 6.92 Å². The quantitative estimate of drug-likeness (QED) is 0.708. The highest BCUT2D eigenvalue weighted by Gasteiger charge is 2.42. The third-order valence-corrected chi connectivity index (χ3v) is 3.74. The molecule has 1 aliphatic heterocycles. The van der Waals surface area contributed by atoms with E-state index in [4.69, 9.17) is 4.74 Å². The summed E-state index contributed by atoms with van der Waals surface area (Å²) in [5.74, 6) is 0.407. The van der Waals surface area contributed by atoms with E-state index in [1.54, 1.807) is 4.90 Å². The minimum Gasteiger partial charge on any atom is -0.449 e. The second-order valence-corrected chi connectivity index (χ2v) is 4.89. The predicted molar refractivity (Wildman–Crippen MR) is 71.0 cm³/mol. The van der Waals surface area contributed by atoms with E-state index >= 15 is 0 Å². The molecular formula is C15H17NO2. The molecule has 0 N–H and O–H groups in total. The number of benzene rings is 1. The standard InChI is InChI=1S/C15H17NO2/c1-3-18-15(17)16-13-6-4-5-11(13)12-9-10(2)7-8-14(12)16/h4,6-9,11,13H,3,5H2,1-2H3. The monoisotopic (exact) mass is 243 g/mol. The molecule has 0 radical (unpaired) electrons. The summed E-state index contributed by atoms with van der Waals surface area (Å²) >= 11 is 0. The maximum absolute atomic E-state index is 12.1. The van der Waals surface area contributed by atoms with Gasteiger partial charge in [0.05, 0.1) is 18.3 Å². The van der Waals surface area contributed by atoms with Crippen LogP contribution in [0.2, 0.25) is 0 Å². The molecule has 3 heteroatoms. The van der Waals surface area contributed by atoms with Crippen LogP contribution in [0.4, 0.5) is 10.5 Å². The smallest absolute Gasteiger partial charge is 0.414 e. The van der Waals surface area contributed by atoms with E-state index in [0.717, 1.165) is 12.1 Å². The molecule has 2 atom stereocenters. The molecule has 1 aromatic carbocycles. The van der Waals surface area contributed by atoms with Crippen LogP contribution >= 0.6 is 0 Å². The normalized spacial score (nSPS) is 24.0. The lowest BCUT2D eigenvalue weighted by molar-refractivity contribution is 0.158. The van der Waals surface area contributed by atoms with Crippen molar-refractivity contribution in [1.29, 1.82) is 0 Å². The summed E-state index contributed by atoms with van der Waals surface area (Å²) in [6, 6.07) is 6.42. The van der Waals surface area contributed by atoms with Gasteiger partial charge < -0.3 is 4.74 Å². The van der Waals surface area contributed by atoms with Gasteiger partial charge in [-0.1, -0.05) is 29.8 Å². The lowest BCUT2D eigenvalue weighted by Crippen LogP contribution is -2.37. The summed E-state index contributed by atoms with van der Waals surface area (Å²) in [5, 5.41) is 0. The van der Waals surface area contributed by atoms with Crippen molar-refractivity contribution in [2.45, 2.75) is 32.2 Å². The average Bonchev–Trinajstić information content (AvgIpc) is 2.89. The topological polar surface area (TPSA) is 29.5 Å². The molecule has 2 aliphatic rings. The summed E-state index contributed by atoms with van der Waals surface area (Å²) in [5.41, 5.74) is 3.53. The van der Waals surface area contributed by atoms with Gasteiger partial charge in [0.25, 0.3) is 0 Å². The van der Waals surface area contributed by atoms with Crippen molar-refractivity contribution >= 4 is 11.8 Å². The zero-order valence-electron chi connectivity index (χ0n) is 10.7. The Kier molecular flexibility index (Phi) is 2.62. The number of fused-ring (bicyclic) bond motifs is 3. The van der Waals surface area contributed by atoms with Crippen molar-refractivity contribution < 1.29 is 9.53 Å². The molecule has 0 bridgehead atoms. The molecule has 3 rings (SSSR count). The number of hydrogen-bond donors (Lipinski definition) is 0. The molecule has 0 saturated carbocycles. The zero-order chi connectivity index (χ0) is 12.7. The average molecular weight is 243 g/mol. The molecule has 1 amide bonds. The summed E-state index contributed by atoms with van der Waals surface area (Å²) in [7, 11) is 0. The first-order chi connectivity index (χ1) is 8.72. The second-order valence-electron chi connectivity index (χ2n) is 4.89. The first-order valence-corrected chi connectivity index (χ1v) is 6.45. The Morgan fingerprint density at radius 3 is 3.11 bits per heavy atom. The second kappa shape index (κ2) is 4.16. The van der Waals surface area contributed by atoms with E-state index in [1.807, 2.05) is 13.0 Å². The van der Waals surface area contributed by atoms with Crippen LogP contribution in [-0.4, -0.2) is 18.7 Å². The number of carbonyl (C=O) groups excluding carboxylic acids is 1. The molecule has 0 saturated heterocycles. The Morgan fingerprint density at radius 1 is 1.50 bits per heavy atom. The molecule has 0 fully saturated rings. The van der Waals surface area contributed by atoms with Crippen LogP contribution in [0.5, 0.6) is 0 Å². The van der Waals surface area contributed by atoms with Crippen LogP contribution in [0.25, 0.3) is 0 Å². The van der Waals surface area contributed by atoms with Crippen molar-refractivity contribution in [3.63, 3.8) is 0 Å². The molecule has 1 heterocycles. The molecule has 94 valence electrons. The Hall–Kier alpha value is -1.77. The molecule has 2 unspecified atom stereocenters. The van der Waals surface area contributed by atoms with Gasteiger partial charge in [0.1, 0.15) is 0 Å². The highest BCUT2D eigenvalue weighted by molar-refractivity contribution is 5.92. The molecule has 1 aliphatic carbocycles. The van der Waals surface area contributed by atoms with Crippen LogP contribution in [0.3, 0.4) is 0 Å². The van der Waals surface area contributed by atoms with Crippen LogP contribution in [-0.2, 0) is 4.74 Å². The number of amides is 1. The number of allylic oxidation sites excluding steroid dienone is 1. The van der Waals surface area contributed by atoms with Crippen molar-refractivity contribution in [3.05, 3.63) is 41.5 Å². The van der Waals surface area contributed by atoms with Gasteiger partial charge in [-0.2, -0.15) is 0 Å². The Morgan fingerprint density at radius 2 is 2.33 bits per heavy atom. The molecular weight excluding hydrogens is 226 g/mol. The van der Waals surface area contributed by atoms with E-state index in [2.05, 4.69) is 31.2 Å². The van der Waals surface area contributed by atoms with E-state index in [1.165, 1.54) is 11.1 Å². The van der Waals surface area contributed by atoms with Crippen molar-refractivity contribution in [2.75, 3.05) is 11.5 Å². The number of anilines is 1. The van der Waals surface area contributed by atoms with Gasteiger partial charge in [-0.25, -0.2) is 4.79 Å². The van der Waals surface area contributed by atoms with Gasteiger partial charge in [0.2, 0.25) is 0 Å². The number of carbonyl (C=O) groups is 1. The first kappa shape index (κ1) is 11.3. The van der Waals surface area contributed by atoms with Crippen LogP contribution < -0.4 is 4.90 Å². The fourth-order valence-electron chi connectivity index (χ4n) is 2.98. The third kappa shape index (κ3) is 1.54. The Bertz CT molecular complexity index is 521. The summed E-state index contributed by atoms with van der Waals surface area (Å²) in [6.07, 6.45) is 5.06. The van der Waals surface area contributed by atoms with Gasteiger partial charge in [-0.05, 0) is 31.9 Å². The van der Waals surface area contributed by atoms with Crippen molar-refractivity contribution in [1.82, 2.24) is 0 Å². The molecule has 1 aromatic rings. The van der Waals surface area contributed by atoms with Crippen molar-refractivity contribution in [3.8, 4) is 0 Å². The number of nitrogens with zero attached hydrogens (tertiary/aromatic N) is 1. The fourth-order valence-corrected chi connectivity index (χ4v) is 2.98. The van der Waals surface area contributed by atoms with Gasteiger partial charge >= 0.3 is 6.09 Å². The first-order valence-electron chi connectivity index (χ1n) is 6.45. The van der Waals surface area contributed by atoms with E-state index in [0.29, 0.717) is 12.5 Å². The molecule has 0 aromatic heterocycles. The maximum Gasteiger partial charge on any atom is 0.414 e. The largest absolute Gasteiger partial charge is 0.449 e. The number of rotatable bonds is 1. The van der Waals surface area contributed by atoms with Crippen LogP contribution in [0.15, 0.2) is 30.4 Å². The summed E-state index contributed by atoms with van der Waals surface area (Å²) in [4.78, 5) is 13.9. The maximum atomic E-state index is 12.1. The summed E-state index contributed by atoms with van der Waals surface area (Å²) < 4.78 is 5.17. The molecule has 0 spiro atoms. The number of ether oxygens (including phenoxy) is 1. The number of hydrogen-bond acceptors (Lipinski definition) is 2. The van der Waals surface area contributed by atoms with Gasteiger partial charge in [-0.15, -0.1) is 0 Å². The van der Waals surface area contributed by atoms with E-state index < -0.39 is 0 Å². The lowest BCUT2D eigenvalue weighted by atomic mass is 9.95. The van der Waals surface area contributed by atoms with Gasteiger partial charge in [0, 0.05) is 5.92 Å². The van der Waals surface area contributed by atoms with Gasteiger partial charge in [-0.3, -0.25) is 4.90 Å². The van der Waals surface area contributed by atoms with E-state index in [-0.39, 0.29) is 12.1 Å². The Balaban J connectivity index is 2.04. The zero-order valence-corrected chi connectivity index (χ0v) is 10.7. The molecule has 3 nitrogen and oxygen atoms in total. The van der Waals surface area contributed by atoms with Crippen molar-refractivity contribution in [2.24, 2.45) is 0 Å². The minimum atomic E-state index is -0.235.